The number of hydrogen-bond acceptors (Lipinski definition) is 7. The van der Waals surface area contributed by atoms with Gasteiger partial charge in [0, 0.05) is 47.3 Å². The van der Waals surface area contributed by atoms with Crippen molar-refractivity contribution in [2.24, 2.45) is 0 Å². The van der Waals surface area contributed by atoms with Crippen LogP contribution in [0.3, 0.4) is 0 Å². The van der Waals surface area contributed by atoms with Crippen LogP contribution in [0.1, 0.15) is 27.0 Å². The molecule has 0 saturated heterocycles. The second-order valence-corrected chi connectivity index (χ2v) is 12.0. The lowest BCUT2D eigenvalue weighted by atomic mass is 10.0. The molecule has 2 heterocycles. The van der Waals surface area contributed by atoms with Crippen molar-refractivity contribution < 1.29 is 39.6 Å². The molecular weight excluding hydrogens is 648 g/mol. The molecule has 3 aromatic carbocycles. The number of alkyl halides is 6. The van der Waals surface area contributed by atoms with Gasteiger partial charge in [-0.2, -0.15) is 26.3 Å². The molecule has 0 spiro atoms. The van der Waals surface area contributed by atoms with Crippen molar-refractivity contribution in [3.8, 4) is 11.3 Å². The van der Waals surface area contributed by atoms with Crippen LogP contribution in [0.2, 0.25) is 0 Å². The number of halogens is 6. The highest BCUT2D eigenvalue weighted by Gasteiger charge is 2.37. The number of sulfone groups is 1. The van der Waals surface area contributed by atoms with Gasteiger partial charge in [-0.3, -0.25) is 9.78 Å². The predicted octanol–water partition coefficient (Wildman–Crippen LogP) is 7.97. The van der Waals surface area contributed by atoms with Gasteiger partial charge in [0.2, 0.25) is 5.95 Å². The van der Waals surface area contributed by atoms with Crippen LogP contribution < -0.4 is 10.6 Å². The normalized spacial score (nSPS) is 11.7. The third kappa shape index (κ3) is 9.59. The van der Waals surface area contributed by atoms with Gasteiger partial charge in [0.25, 0.3) is 5.91 Å². The average Bonchev–Trinajstić information content (AvgIpc) is 3.02. The van der Waals surface area contributed by atoms with Crippen LogP contribution in [0.5, 0.6) is 0 Å². The van der Waals surface area contributed by atoms with Crippen molar-refractivity contribution in [2.75, 3.05) is 16.9 Å². The number of aryl methyl sites for hydroxylation is 1. The van der Waals surface area contributed by atoms with Crippen LogP contribution >= 0.6 is 0 Å². The smallest absolute Gasteiger partial charge is 0.324 e. The number of nitrogens with zero attached hydrogens (tertiary/aromatic N) is 3. The lowest BCUT2D eigenvalue weighted by Crippen LogP contribution is -2.17. The van der Waals surface area contributed by atoms with E-state index in [1.165, 1.54) is 24.6 Å². The van der Waals surface area contributed by atoms with Crippen LogP contribution in [0.4, 0.5) is 43.7 Å². The summed E-state index contributed by atoms with van der Waals surface area (Å²) in [5.41, 5.74) is -1.29. The molecule has 2 N–H and O–H groups in total. The van der Waals surface area contributed by atoms with E-state index in [1.807, 2.05) is 6.07 Å². The van der Waals surface area contributed by atoms with Gasteiger partial charge >= 0.3 is 12.4 Å². The number of hydrogen-bond donors (Lipinski definition) is 2. The number of benzene rings is 3. The van der Waals surface area contributed by atoms with E-state index < -0.39 is 44.8 Å². The number of amides is 1. The van der Waals surface area contributed by atoms with Crippen molar-refractivity contribution >= 4 is 33.1 Å². The Labute approximate surface area is 265 Å². The fourth-order valence-corrected chi connectivity index (χ4v) is 4.66. The SMILES string of the molecule is CS(=O)(=O)c1ccccc1.Cc1ccc(NC(=O)c2cc(C(F)(F)F)cc(C(F)(F)F)c2)cc1Nc1nccc(-c2cccnc2)n1. The maximum absolute atomic E-state index is 13.1. The Bertz CT molecular complexity index is 1940. The Balaban J connectivity index is 0.000000427. The zero-order valence-electron chi connectivity index (χ0n) is 24.6. The molecule has 0 fully saturated rings. The first-order valence-corrected chi connectivity index (χ1v) is 15.4. The summed E-state index contributed by atoms with van der Waals surface area (Å²) in [5, 5.41) is 5.35. The van der Waals surface area contributed by atoms with Gasteiger partial charge in [-0.1, -0.05) is 24.3 Å². The highest BCUT2D eigenvalue weighted by Crippen LogP contribution is 2.36. The number of aromatic nitrogens is 3. The van der Waals surface area contributed by atoms with E-state index in [-0.39, 0.29) is 17.7 Å². The second kappa shape index (κ2) is 14.0. The monoisotopic (exact) mass is 673 g/mol. The number of anilines is 3. The average molecular weight is 674 g/mol. The lowest BCUT2D eigenvalue weighted by Gasteiger charge is -2.15. The summed E-state index contributed by atoms with van der Waals surface area (Å²) in [6.45, 7) is 1.75. The summed E-state index contributed by atoms with van der Waals surface area (Å²) in [6.07, 6.45) is -4.15. The van der Waals surface area contributed by atoms with Crippen molar-refractivity contribution in [1.82, 2.24) is 15.0 Å². The van der Waals surface area contributed by atoms with Crippen LogP contribution in [-0.2, 0) is 22.2 Å². The minimum atomic E-state index is -5.07. The lowest BCUT2D eigenvalue weighted by molar-refractivity contribution is -0.143. The standard InChI is InChI=1S/C25H17F6N5O.C7H8O2S/c1-14-4-5-19(12-21(14)36-23-33-8-6-20(35-23)15-3-2-7-32-13-15)34-22(37)16-9-17(24(26,27)28)11-18(10-16)25(29,30)31;1-10(8,9)7-5-3-2-4-6-7/h2-13H,1H3,(H,34,37)(H,33,35,36);2-6H,1H3. The minimum Gasteiger partial charge on any atom is -0.324 e. The third-order valence-electron chi connectivity index (χ3n) is 6.38. The van der Waals surface area contributed by atoms with Crippen LogP contribution in [0.15, 0.2) is 108 Å². The van der Waals surface area contributed by atoms with E-state index in [0.717, 1.165) is 5.56 Å². The summed E-state index contributed by atoms with van der Waals surface area (Å²) in [4.78, 5) is 25.6. The maximum atomic E-state index is 13.1. The molecule has 0 unspecified atom stereocenters. The molecule has 244 valence electrons. The molecule has 0 atom stereocenters. The van der Waals surface area contributed by atoms with Crippen LogP contribution in [0, 0.1) is 6.92 Å². The van der Waals surface area contributed by atoms with Gasteiger partial charge in [0.15, 0.2) is 9.84 Å². The van der Waals surface area contributed by atoms with Gasteiger partial charge < -0.3 is 10.6 Å². The number of carbonyl (C=O) groups excluding carboxylic acids is 1. The Morgan fingerprint density at radius 2 is 1.45 bits per heavy atom. The zero-order chi connectivity index (χ0) is 34.4. The Morgan fingerprint density at radius 3 is 2.00 bits per heavy atom. The Kier molecular flexibility index (Phi) is 10.3. The number of rotatable bonds is 6. The molecule has 15 heteroatoms. The van der Waals surface area contributed by atoms with Crippen LogP contribution in [0.25, 0.3) is 11.3 Å². The van der Waals surface area contributed by atoms with Crippen molar-refractivity contribution in [1.29, 1.82) is 0 Å². The van der Waals surface area contributed by atoms with Gasteiger partial charge in [0.05, 0.1) is 21.7 Å². The second-order valence-electron chi connectivity index (χ2n) is 10.00. The molecule has 47 heavy (non-hydrogen) atoms. The summed E-state index contributed by atoms with van der Waals surface area (Å²) < 4.78 is 101. The minimum absolute atomic E-state index is 0.0374. The quantitative estimate of drug-likeness (QED) is 0.176. The van der Waals surface area contributed by atoms with Gasteiger partial charge in [0.1, 0.15) is 0 Å². The molecule has 8 nitrogen and oxygen atoms in total. The first-order chi connectivity index (χ1) is 22.0. The highest BCUT2D eigenvalue weighted by atomic mass is 32.2. The molecule has 5 aromatic rings. The molecule has 1 amide bonds. The molecule has 5 rings (SSSR count). The fourth-order valence-electron chi connectivity index (χ4n) is 4.01. The summed E-state index contributed by atoms with van der Waals surface area (Å²) >= 11 is 0. The molecule has 0 saturated carbocycles. The maximum Gasteiger partial charge on any atom is 0.416 e. The van der Waals surface area contributed by atoms with E-state index in [1.54, 1.807) is 67.8 Å². The van der Waals surface area contributed by atoms with E-state index >= 15 is 0 Å². The van der Waals surface area contributed by atoms with Crippen molar-refractivity contribution in [3.63, 3.8) is 0 Å². The summed E-state index contributed by atoms with van der Waals surface area (Å²) in [6, 6.07) is 18.9. The molecule has 0 bridgehead atoms. The summed E-state index contributed by atoms with van der Waals surface area (Å²) in [7, 11) is -3.00. The highest BCUT2D eigenvalue weighted by molar-refractivity contribution is 7.90. The van der Waals surface area contributed by atoms with E-state index in [2.05, 4.69) is 25.6 Å². The zero-order valence-corrected chi connectivity index (χ0v) is 25.4. The number of pyridine rings is 1. The summed E-state index contributed by atoms with van der Waals surface area (Å²) in [5.74, 6) is -0.915. The molecule has 0 radical (unpaired) electrons. The van der Waals surface area contributed by atoms with Gasteiger partial charge in [-0.25, -0.2) is 18.4 Å². The Morgan fingerprint density at radius 1 is 0.787 bits per heavy atom. The Hall–Kier alpha value is -5.31. The third-order valence-corrected chi connectivity index (χ3v) is 7.50. The molecule has 0 aliphatic heterocycles. The predicted molar refractivity (Wildman–Crippen MR) is 164 cm³/mol. The number of nitrogens with one attached hydrogen (secondary N) is 2. The van der Waals surface area contributed by atoms with Crippen LogP contribution in [-0.4, -0.2) is 35.5 Å². The van der Waals surface area contributed by atoms with E-state index in [4.69, 9.17) is 0 Å². The molecule has 0 aliphatic rings. The molecule has 2 aromatic heterocycles. The van der Waals surface area contributed by atoms with Crippen molar-refractivity contribution in [3.05, 3.63) is 126 Å². The van der Waals surface area contributed by atoms with Crippen molar-refractivity contribution in [2.45, 2.75) is 24.2 Å². The number of carbonyl (C=O) groups is 1. The largest absolute Gasteiger partial charge is 0.416 e. The molecule has 0 aliphatic carbocycles. The first kappa shape index (κ1) is 34.6. The topological polar surface area (TPSA) is 114 Å². The first-order valence-electron chi connectivity index (χ1n) is 13.5. The van der Waals surface area contributed by atoms with E-state index in [0.29, 0.717) is 34.0 Å². The van der Waals surface area contributed by atoms with Gasteiger partial charge in [-0.15, -0.1) is 0 Å². The molecular formula is C32H25F6N5O3S. The van der Waals surface area contributed by atoms with Gasteiger partial charge in [-0.05, 0) is 73.2 Å². The fraction of sp³-hybridized carbons (Fsp3) is 0.125. The van der Waals surface area contributed by atoms with E-state index in [9.17, 15) is 39.6 Å².